The van der Waals surface area contributed by atoms with Gasteiger partial charge in [-0.1, -0.05) is 30.3 Å². The third kappa shape index (κ3) is 5.41. The zero-order valence-electron chi connectivity index (χ0n) is 14.0. The summed E-state index contributed by atoms with van der Waals surface area (Å²) in [5.74, 6) is -0.397. The lowest BCUT2D eigenvalue weighted by Gasteiger charge is -2.15. The van der Waals surface area contributed by atoms with Crippen LogP contribution >= 0.6 is 0 Å². The van der Waals surface area contributed by atoms with Crippen LogP contribution in [0.4, 0.5) is 13.2 Å². The van der Waals surface area contributed by atoms with Crippen LogP contribution < -0.4 is 15.4 Å². The molecule has 2 aromatic rings. The number of alkyl halides is 2. The number of nitrogens with zero attached hydrogens (tertiary/aromatic N) is 1. The van der Waals surface area contributed by atoms with Gasteiger partial charge in [-0.15, -0.1) is 0 Å². The van der Waals surface area contributed by atoms with E-state index in [4.69, 9.17) is 0 Å². The molecule has 0 aliphatic rings. The zero-order valence-corrected chi connectivity index (χ0v) is 14.0. The van der Waals surface area contributed by atoms with E-state index in [0.29, 0.717) is 12.5 Å². The van der Waals surface area contributed by atoms with Crippen molar-refractivity contribution in [3.05, 3.63) is 65.0 Å². The average molecular weight is 351 g/mol. The molecule has 0 aliphatic carbocycles. The first-order chi connectivity index (χ1) is 12.0. The molecule has 0 amide bonds. The summed E-state index contributed by atoms with van der Waals surface area (Å²) in [6, 6.07) is 11.7. The van der Waals surface area contributed by atoms with Crippen molar-refractivity contribution in [1.82, 2.24) is 10.6 Å². The Hall–Kier alpha value is -2.70. The third-order valence-corrected chi connectivity index (χ3v) is 3.66. The molecule has 0 saturated heterocycles. The number of aliphatic imine (C=N–C) groups is 1. The lowest BCUT2D eigenvalue weighted by molar-refractivity contribution is -0.0506. The molecule has 0 spiro atoms. The summed E-state index contributed by atoms with van der Waals surface area (Å²) in [6.45, 7) is -0.522. The number of ether oxygens (including phenoxy) is 1. The largest absolute Gasteiger partial charge is 0.434 e. The second kappa shape index (κ2) is 8.96. The molecule has 0 fully saturated rings. The van der Waals surface area contributed by atoms with Gasteiger partial charge >= 0.3 is 6.61 Å². The molecule has 2 N–H and O–H groups in total. The molecule has 0 saturated carbocycles. The maximum atomic E-state index is 13.9. The zero-order chi connectivity index (χ0) is 18.2. The normalized spacial score (nSPS) is 11.5. The first-order valence-corrected chi connectivity index (χ1v) is 7.72. The highest BCUT2D eigenvalue weighted by atomic mass is 19.3. The van der Waals surface area contributed by atoms with Gasteiger partial charge in [0.2, 0.25) is 0 Å². The standard InChI is InChI=1S/C18H20F3N3O/c1-12-6-3-4-7-13(12)10-23-18(22-2)24-11-14-15(19)8-5-9-16(14)25-17(20)21/h3-9,17H,10-11H2,1-2H3,(H2,22,23,24). The van der Waals surface area contributed by atoms with Gasteiger partial charge in [0.05, 0.1) is 0 Å². The summed E-state index contributed by atoms with van der Waals surface area (Å²) in [5.41, 5.74) is 2.24. The lowest BCUT2D eigenvalue weighted by atomic mass is 10.1. The fourth-order valence-corrected chi connectivity index (χ4v) is 2.30. The molecule has 0 aliphatic heterocycles. The molecule has 2 aromatic carbocycles. The minimum atomic E-state index is -3.01. The van der Waals surface area contributed by atoms with Gasteiger partial charge in [-0.2, -0.15) is 8.78 Å². The number of rotatable bonds is 6. The maximum Gasteiger partial charge on any atom is 0.387 e. The van der Waals surface area contributed by atoms with Crippen molar-refractivity contribution >= 4 is 5.96 Å². The summed E-state index contributed by atoms with van der Waals surface area (Å²) in [4.78, 5) is 4.05. The number of nitrogens with one attached hydrogen (secondary N) is 2. The third-order valence-electron chi connectivity index (χ3n) is 3.66. The van der Waals surface area contributed by atoms with E-state index in [9.17, 15) is 13.2 Å². The van der Waals surface area contributed by atoms with Crippen LogP contribution in [0.1, 0.15) is 16.7 Å². The summed E-state index contributed by atoms with van der Waals surface area (Å²) >= 11 is 0. The van der Waals surface area contributed by atoms with E-state index in [1.807, 2.05) is 31.2 Å². The maximum absolute atomic E-state index is 13.9. The van der Waals surface area contributed by atoms with Crippen LogP contribution in [0.25, 0.3) is 0 Å². The minimum Gasteiger partial charge on any atom is -0.434 e. The van der Waals surface area contributed by atoms with Crippen molar-refractivity contribution in [2.75, 3.05) is 7.05 Å². The van der Waals surface area contributed by atoms with E-state index in [-0.39, 0.29) is 17.9 Å². The van der Waals surface area contributed by atoms with Crippen LogP contribution in [0, 0.1) is 12.7 Å². The highest BCUT2D eigenvalue weighted by Gasteiger charge is 2.14. The Morgan fingerprint density at radius 3 is 2.48 bits per heavy atom. The van der Waals surface area contributed by atoms with Crippen LogP contribution in [0.2, 0.25) is 0 Å². The molecule has 0 atom stereocenters. The van der Waals surface area contributed by atoms with Gasteiger partial charge in [0.15, 0.2) is 5.96 Å². The van der Waals surface area contributed by atoms with Crippen LogP contribution in [0.15, 0.2) is 47.5 Å². The molecule has 7 heteroatoms. The van der Waals surface area contributed by atoms with E-state index in [2.05, 4.69) is 20.4 Å². The molecule has 134 valence electrons. The van der Waals surface area contributed by atoms with Gasteiger partial charge < -0.3 is 15.4 Å². The Morgan fingerprint density at radius 1 is 1.08 bits per heavy atom. The van der Waals surface area contributed by atoms with E-state index in [1.165, 1.54) is 18.2 Å². The Labute approximate surface area is 144 Å². The summed E-state index contributed by atoms with van der Waals surface area (Å²) in [5, 5.41) is 6.01. The van der Waals surface area contributed by atoms with Gasteiger partial charge in [-0.05, 0) is 30.2 Å². The highest BCUT2D eigenvalue weighted by Crippen LogP contribution is 2.23. The monoisotopic (exact) mass is 351 g/mol. The van der Waals surface area contributed by atoms with Crippen molar-refractivity contribution in [1.29, 1.82) is 0 Å². The van der Waals surface area contributed by atoms with Crippen molar-refractivity contribution in [2.45, 2.75) is 26.6 Å². The lowest BCUT2D eigenvalue weighted by Crippen LogP contribution is -2.36. The van der Waals surface area contributed by atoms with Gasteiger partial charge in [0.1, 0.15) is 11.6 Å². The fraction of sp³-hybridized carbons (Fsp3) is 0.278. The Balaban J connectivity index is 2.00. The molecule has 4 nitrogen and oxygen atoms in total. The van der Waals surface area contributed by atoms with Gasteiger partial charge in [-0.25, -0.2) is 4.39 Å². The Morgan fingerprint density at radius 2 is 1.80 bits per heavy atom. The molecule has 2 rings (SSSR count). The number of benzene rings is 2. The SMILES string of the molecule is CN=C(NCc1ccccc1C)NCc1c(F)cccc1OC(F)F. The molecular formula is C18H20F3N3O. The molecule has 0 bridgehead atoms. The number of halogens is 3. The van der Waals surface area contributed by atoms with Crippen LogP contribution in [0.3, 0.4) is 0 Å². The smallest absolute Gasteiger partial charge is 0.387 e. The first kappa shape index (κ1) is 18.6. The van der Waals surface area contributed by atoms with E-state index in [0.717, 1.165) is 11.1 Å². The first-order valence-electron chi connectivity index (χ1n) is 7.72. The van der Waals surface area contributed by atoms with Gasteiger partial charge in [-0.3, -0.25) is 4.99 Å². The highest BCUT2D eigenvalue weighted by molar-refractivity contribution is 5.79. The summed E-state index contributed by atoms with van der Waals surface area (Å²) in [7, 11) is 1.57. The van der Waals surface area contributed by atoms with Crippen LogP contribution in [-0.2, 0) is 13.1 Å². The number of guanidine groups is 1. The summed E-state index contributed by atoms with van der Waals surface area (Å²) in [6.07, 6.45) is 0. The Kier molecular flexibility index (Phi) is 6.68. The van der Waals surface area contributed by atoms with Gasteiger partial charge in [0, 0.05) is 25.7 Å². The van der Waals surface area contributed by atoms with Crippen molar-refractivity contribution in [2.24, 2.45) is 4.99 Å². The Bertz CT molecular complexity index is 735. The van der Waals surface area contributed by atoms with E-state index < -0.39 is 12.4 Å². The predicted molar refractivity (Wildman–Crippen MR) is 91.2 cm³/mol. The number of hydrogen-bond acceptors (Lipinski definition) is 2. The second-order valence-corrected chi connectivity index (χ2v) is 5.30. The van der Waals surface area contributed by atoms with Crippen molar-refractivity contribution in [3.63, 3.8) is 0 Å². The number of aryl methyl sites for hydroxylation is 1. The fourth-order valence-electron chi connectivity index (χ4n) is 2.30. The molecule has 0 heterocycles. The van der Waals surface area contributed by atoms with Gasteiger partial charge in [0.25, 0.3) is 0 Å². The molecule has 0 radical (unpaired) electrons. The van der Waals surface area contributed by atoms with E-state index >= 15 is 0 Å². The quantitative estimate of drug-likeness (QED) is 0.617. The van der Waals surface area contributed by atoms with Crippen molar-refractivity contribution < 1.29 is 17.9 Å². The topological polar surface area (TPSA) is 45.7 Å². The predicted octanol–water partition coefficient (Wildman–Crippen LogP) is 3.60. The van der Waals surface area contributed by atoms with Crippen LogP contribution in [0.5, 0.6) is 5.75 Å². The van der Waals surface area contributed by atoms with Crippen molar-refractivity contribution in [3.8, 4) is 5.75 Å². The molecule has 0 aromatic heterocycles. The second-order valence-electron chi connectivity index (χ2n) is 5.30. The molecular weight excluding hydrogens is 331 g/mol. The summed E-state index contributed by atoms with van der Waals surface area (Å²) < 4.78 is 43.2. The number of hydrogen-bond donors (Lipinski definition) is 2. The molecule has 25 heavy (non-hydrogen) atoms. The molecule has 0 unspecified atom stereocenters. The van der Waals surface area contributed by atoms with Crippen LogP contribution in [-0.4, -0.2) is 19.6 Å². The minimum absolute atomic E-state index is 0.0154. The average Bonchev–Trinajstić information content (AvgIpc) is 2.57. The van der Waals surface area contributed by atoms with E-state index in [1.54, 1.807) is 7.05 Å².